The van der Waals surface area contributed by atoms with E-state index in [1.165, 1.54) is 22.8 Å². The van der Waals surface area contributed by atoms with E-state index in [-0.39, 0.29) is 23.9 Å². The number of imidazole rings is 1. The van der Waals surface area contributed by atoms with Gasteiger partial charge in [-0.2, -0.15) is 0 Å². The number of benzene rings is 2. The first kappa shape index (κ1) is 17.0. The minimum Gasteiger partial charge on any atom is -0.369 e. The third kappa shape index (κ3) is 3.35. The lowest BCUT2D eigenvalue weighted by Crippen LogP contribution is -2.20. The fourth-order valence-corrected chi connectivity index (χ4v) is 2.84. The molecule has 0 spiro atoms. The number of nitrogens with zero attached hydrogens (tertiary/aromatic N) is 3. The molecule has 0 bridgehead atoms. The maximum absolute atomic E-state index is 12.3. The zero-order valence-electron chi connectivity index (χ0n) is 12.6. The first-order chi connectivity index (χ1) is 11.9. The summed E-state index contributed by atoms with van der Waals surface area (Å²) in [6.07, 6.45) is 0. The van der Waals surface area contributed by atoms with Gasteiger partial charge < -0.3 is 15.6 Å². The van der Waals surface area contributed by atoms with Gasteiger partial charge in [-0.15, -0.1) is 0 Å². The van der Waals surface area contributed by atoms with Crippen LogP contribution in [0.1, 0.15) is 0 Å². The lowest BCUT2D eigenvalue weighted by atomic mass is 10.2. The van der Waals surface area contributed by atoms with E-state index in [1.807, 2.05) is 0 Å². The van der Waals surface area contributed by atoms with Crippen LogP contribution in [0.25, 0.3) is 11.0 Å². The Bertz CT molecular complexity index is 982. The van der Waals surface area contributed by atoms with Gasteiger partial charge in [0.15, 0.2) is 0 Å². The van der Waals surface area contributed by atoms with Gasteiger partial charge in [-0.3, -0.25) is 14.9 Å². The number of fused-ring (bicyclic) bond motifs is 1. The number of non-ortho nitro benzene ring substituents is 1. The molecule has 0 aliphatic rings. The van der Waals surface area contributed by atoms with Gasteiger partial charge in [-0.1, -0.05) is 29.3 Å². The molecule has 3 aromatic rings. The molecule has 3 N–H and O–H groups in total. The number of nitro groups is 1. The summed E-state index contributed by atoms with van der Waals surface area (Å²) in [6, 6.07) is 8.95. The van der Waals surface area contributed by atoms with E-state index >= 15 is 0 Å². The van der Waals surface area contributed by atoms with Crippen molar-refractivity contribution in [1.29, 1.82) is 0 Å². The second-order valence-corrected chi connectivity index (χ2v) is 5.95. The highest BCUT2D eigenvalue weighted by Crippen LogP contribution is 2.30. The molecule has 2 aromatic carbocycles. The van der Waals surface area contributed by atoms with Crippen LogP contribution in [0, 0.1) is 10.1 Å². The second kappa shape index (κ2) is 6.58. The SMILES string of the molecule is Nc1nc2ccc([N+](=O)[O-])cc2n1CC(=O)Nc1c(Cl)cccc1Cl. The Labute approximate surface area is 151 Å². The maximum Gasteiger partial charge on any atom is 0.271 e. The molecule has 1 aromatic heterocycles. The first-order valence-corrected chi connectivity index (χ1v) is 7.76. The number of carbonyl (C=O) groups is 1. The van der Waals surface area contributed by atoms with Crippen molar-refractivity contribution in [3.8, 4) is 0 Å². The molecule has 0 saturated heterocycles. The average molecular weight is 380 g/mol. The monoisotopic (exact) mass is 379 g/mol. The van der Waals surface area contributed by atoms with Gasteiger partial charge in [-0.05, 0) is 18.2 Å². The summed E-state index contributed by atoms with van der Waals surface area (Å²) in [5.41, 5.74) is 6.82. The van der Waals surface area contributed by atoms with Gasteiger partial charge in [0.1, 0.15) is 6.54 Å². The number of halogens is 2. The van der Waals surface area contributed by atoms with Crippen LogP contribution >= 0.6 is 23.2 Å². The lowest BCUT2D eigenvalue weighted by Gasteiger charge is -2.10. The fourth-order valence-electron chi connectivity index (χ4n) is 2.35. The molecule has 10 heteroatoms. The number of nitrogens with two attached hydrogens (primary N) is 1. The van der Waals surface area contributed by atoms with Gasteiger partial charge in [0.2, 0.25) is 11.9 Å². The van der Waals surface area contributed by atoms with E-state index in [4.69, 9.17) is 28.9 Å². The summed E-state index contributed by atoms with van der Waals surface area (Å²) < 4.78 is 1.38. The molecule has 0 saturated carbocycles. The van der Waals surface area contributed by atoms with E-state index in [2.05, 4.69) is 10.3 Å². The number of hydrogen-bond acceptors (Lipinski definition) is 5. The number of rotatable bonds is 4. The van der Waals surface area contributed by atoms with Gasteiger partial charge >= 0.3 is 0 Å². The van der Waals surface area contributed by atoms with Crippen molar-refractivity contribution in [2.75, 3.05) is 11.1 Å². The van der Waals surface area contributed by atoms with E-state index in [0.29, 0.717) is 21.1 Å². The number of nitro benzene ring substituents is 1. The summed E-state index contributed by atoms with van der Waals surface area (Å²) in [5.74, 6) is -0.386. The Hall–Kier alpha value is -2.84. The molecule has 0 radical (unpaired) electrons. The van der Waals surface area contributed by atoms with Crippen LogP contribution in [0.5, 0.6) is 0 Å². The molecule has 0 fully saturated rings. The Morgan fingerprint density at radius 1 is 1.28 bits per heavy atom. The van der Waals surface area contributed by atoms with Gasteiger partial charge in [0.05, 0.1) is 31.7 Å². The number of aromatic nitrogens is 2. The quantitative estimate of drug-likeness (QED) is 0.531. The van der Waals surface area contributed by atoms with Crippen LogP contribution in [0.15, 0.2) is 36.4 Å². The van der Waals surface area contributed by atoms with Crippen molar-refractivity contribution in [1.82, 2.24) is 9.55 Å². The molecule has 1 amide bonds. The predicted molar refractivity (Wildman–Crippen MR) is 95.9 cm³/mol. The van der Waals surface area contributed by atoms with Crippen molar-refractivity contribution in [2.24, 2.45) is 0 Å². The number of nitrogens with one attached hydrogen (secondary N) is 1. The van der Waals surface area contributed by atoms with Crippen molar-refractivity contribution < 1.29 is 9.72 Å². The largest absolute Gasteiger partial charge is 0.369 e. The van der Waals surface area contributed by atoms with Crippen LogP contribution in [0.3, 0.4) is 0 Å². The van der Waals surface area contributed by atoms with Crippen molar-refractivity contribution in [3.05, 3.63) is 56.6 Å². The highest BCUT2D eigenvalue weighted by molar-refractivity contribution is 6.39. The molecular weight excluding hydrogens is 369 g/mol. The molecule has 8 nitrogen and oxygen atoms in total. The third-order valence-corrected chi connectivity index (χ3v) is 4.13. The first-order valence-electron chi connectivity index (χ1n) is 7.01. The van der Waals surface area contributed by atoms with Gasteiger partial charge in [-0.25, -0.2) is 4.98 Å². The van der Waals surface area contributed by atoms with Crippen molar-refractivity contribution in [3.63, 3.8) is 0 Å². The second-order valence-electron chi connectivity index (χ2n) is 5.13. The molecule has 25 heavy (non-hydrogen) atoms. The van der Waals surface area contributed by atoms with Crippen LogP contribution in [0.2, 0.25) is 10.0 Å². The number of anilines is 2. The zero-order valence-corrected chi connectivity index (χ0v) is 14.1. The van der Waals surface area contributed by atoms with Crippen LogP contribution < -0.4 is 11.1 Å². The minimum atomic E-state index is -0.531. The number of para-hydroxylation sites is 1. The topological polar surface area (TPSA) is 116 Å². The summed E-state index contributed by atoms with van der Waals surface area (Å²) in [7, 11) is 0. The third-order valence-electron chi connectivity index (χ3n) is 3.50. The molecule has 0 atom stereocenters. The molecule has 128 valence electrons. The average Bonchev–Trinajstić information content (AvgIpc) is 2.86. The normalized spacial score (nSPS) is 10.8. The molecule has 1 heterocycles. The van der Waals surface area contributed by atoms with Crippen molar-refractivity contribution >= 4 is 57.5 Å². The number of carbonyl (C=O) groups excluding carboxylic acids is 1. The summed E-state index contributed by atoms with van der Waals surface area (Å²) in [4.78, 5) is 26.8. The predicted octanol–water partition coefficient (Wildman–Crippen LogP) is 3.47. The smallest absolute Gasteiger partial charge is 0.271 e. The van der Waals surface area contributed by atoms with Crippen molar-refractivity contribution in [2.45, 2.75) is 6.54 Å². The summed E-state index contributed by atoms with van der Waals surface area (Å²) in [6.45, 7) is -0.203. The van der Waals surface area contributed by atoms with E-state index in [1.54, 1.807) is 18.2 Å². The highest BCUT2D eigenvalue weighted by atomic mass is 35.5. The number of amides is 1. The maximum atomic E-state index is 12.3. The van der Waals surface area contributed by atoms with Gasteiger partial charge in [0.25, 0.3) is 5.69 Å². The Balaban J connectivity index is 1.92. The van der Waals surface area contributed by atoms with Gasteiger partial charge in [0, 0.05) is 12.1 Å². The van der Waals surface area contributed by atoms with E-state index in [9.17, 15) is 14.9 Å². The van der Waals surface area contributed by atoms with Crippen LogP contribution in [0.4, 0.5) is 17.3 Å². The van der Waals surface area contributed by atoms with Crippen LogP contribution in [-0.2, 0) is 11.3 Å². The highest BCUT2D eigenvalue weighted by Gasteiger charge is 2.16. The minimum absolute atomic E-state index is 0.0657. The summed E-state index contributed by atoms with van der Waals surface area (Å²) >= 11 is 12.0. The molecule has 0 unspecified atom stereocenters. The number of nitrogen functional groups attached to an aromatic ring is 1. The Morgan fingerprint density at radius 2 is 1.96 bits per heavy atom. The zero-order chi connectivity index (χ0) is 18.1. The molecular formula is C15H11Cl2N5O3. The number of hydrogen-bond donors (Lipinski definition) is 2. The lowest BCUT2D eigenvalue weighted by molar-refractivity contribution is -0.384. The molecule has 0 aliphatic heterocycles. The van der Waals surface area contributed by atoms with Crippen LogP contribution in [-0.4, -0.2) is 20.4 Å². The fraction of sp³-hybridized carbons (Fsp3) is 0.0667. The van der Waals surface area contributed by atoms with E-state index < -0.39 is 10.8 Å². The molecule has 0 aliphatic carbocycles. The Morgan fingerprint density at radius 3 is 2.60 bits per heavy atom. The molecule has 3 rings (SSSR count). The van der Waals surface area contributed by atoms with E-state index in [0.717, 1.165) is 0 Å². The summed E-state index contributed by atoms with van der Waals surface area (Å²) in [5, 5.41) is 14.1. The Kier molecular flexibility index (Phi) is 4.47. The standard InChI is InChI=1S/C15H11Cl2N5O3/c16-9-2-1-3-10(17)14(9)20-13(23)7-21-12-6-8(22(24)25)4-5-11(12)19-15(21)18/h1-6H,7H2,(H2,18,19)(H,20,23).